The number of carbonyl (C=O) groups excluding carboxylic acids is 1. The van der Waals surface area contributed by atoms with Crippen molar-refractivity contribution in [2.24, 2.45) is 5.92 Å². The summed E-state index contributed by atoms with van der Waals surface area (Å²) in [6.45, 7) is 1.38. The summed E-state index contributed by atoms with van der Waals surface area (Å²) in [6, 6.07) is 11.6. The monoisotopic (exact) mass is 458 g/mol. The fourth-order valence-corrected chi connectivity index (χ4v) is 4.15. The zero-order chi connectivity index (χ0) is 23.0. The van der Waals surface area contributed by atoms with Crippen LogP contribution in [0.25, 0.3) is 11.0 Å². The highest BCUT2D eigenvalue weighted by molar-refractivity contribution is 5.93. The summed E-state index contributed by atoms with van der Waals surface area (Å²) >= 11 is 0. The number of aromatic nitrogens is 2. The van der Waals surface area contributed by atoms with Crippen LogP contribution in [0.1, 0.15) is 18.5 Å². The number of halogens is 3. The zero-order valence-corrected chi connectivity index (χ0v) is 17.6. The number of nitrogens with one attached hydrogen (secondary N) is 1. The Morgan fingerprint density at radius 2 is 1.76 bits per heavy atom. The number of anilines is 2. The summed E-state index contributed by atoms with van der Waals surface area (Å²) < 4.78 is 52.4. The molecule has 0 aliphatic carbocycles. The molecule has 0 saturated carbocycles. The number of ether oxygens (including phenoxy) is 2. The number of hydrogen-bond acceptors (Lipinski definition) is 6. The average Bonchev–Trinajstić information content (AvgIpc) is 2.82. The van der Waals surface area contributed by atoms with Crippen LogP contribution in [-0.4, -0.2) is 42.2 Å². The molecule has 0 radical (unpaired) electrons. The molecule has 1 N–H and O–H groups in total. The predicted molar refractivity (Wildman–Crippen MR) is 116 cm³/mol. The predicted octanol–water partition coefficient (Wildman–Crippen LogP) is 4.27. The molecule has 2 aromatic carbocycles. The average molecular weight is 458 g/mol. The van der Waals surface area contributed by atoms with Gasteiger partial charge in [0.1, 0.15) is 13.2 Å². The molecule has 1 amide bonds. The lowest BCUT2D eigenvalue weighted by Gasteiger charge is -2.34. The van der Waals surface area contributed by atoms with E-state index >= 15 is 0 Å². The Balaban J connectivity index is 1.37. The summed E-state index contributed by atoms with van der Waals surface area (Å²) in [4.78, 5) is 22.6. The lowest BCUT2D eigenvalue weighted by Crippen LogP contribution is -2.42. The first-order chi connectivity index (χ1) is 15.9. The Bertz CT molecular complexity index is 1200. The number of nitrogens with zero attached hydrogens (tertiary/aromatic N) is 3. The van der Waals surface area contributed by atoms with Gasteiger partial charge in [0.2, 0.25) is 5.91 Å². The van der Waals surface area contributed by atoms with E-state index < -0.39 is 17.8 Å². The quantitative estimate of drug-likeness (QED) is 0.632. The van der Waals surface area contributed by atoms with Gasteiger partial charge in [0, 0.05) is 24.8 Å². The molecule has 1 saturated heterocycles. The van der Waals surface area contributed by atoms with Gasteiger partial charge in [-0.1, -0.05) is 12.1 Å². The van der Waals surface area contributed by atoms with E-state index in [2.05, 4.69) is 15.3 Å². The highest BCUT2D eigenvalue weighted by Crippen LogP contribution is 2.37. The van der Waals surface area contributed by atoms with Gasteiger partial charge in [-0.25, -0.2) is 9.97 Å². The maximum atomic E-state index is 13.8. The van der Waals surface area contributed by atoms with E-state index in [0.717, 1.165) is 0 Å². The van der Waals surface area contributed by atoms with E-state index in [0.29, 0.717) is 55.3 Å². The van der Waals surface area contributed by atoms with Crippen LogP contribution in [0.15, 0.2) is 42.5 Å². The number of carbonyl (C=O) groups is 1. The van der Waals surface area contributed by atoms with Gasteiger partial charge in [0.25, 0.3) is 0 Å². The zero-order valence-electron chi connectivity index (χ0n) is 17.6. The lowest BCUT2D eigenvalue weighted by molar-refractivity contribution is -0.140. The molecular weight excluding hydrogens is 437 g/mol. The summed E-state index contributed by atoms with van der Waals surface area (Å²) in [6.07, 6.45) is -3.53. The van der Waals surface area contributed by atoms with Crippen molar-refractivity contribution in [2.45, 2.75) is 19.0 Å². The van der Waals surface area contributed by atoms with Gasteiger partial charge in [0.15, 0.2) is 23.0 Å². The third-order valence-electron chi connectivity index (χ3n) is 5.72. The van der Waals surface area contributed by atoms with Crippen LogP contribution in [0.2, 0.25) is 0 Å². The standard InChI is InChI=1S/C23H21F3N4O3/c24-23(25,26)20-21(29-17-6-2-1-5-16(17)28-20)30-9-3-4-14(13-30)22(31)27-15-7-8-18-19(12-15)33-11-10-32-18/h1-2,5-8,12,14H,3-4,9-11,13H2,(H,27,31)/t14-/m0/s1. The van der Waals surface area contributed by atoms with Crippen LogP contribution >= 0.6 is 0 Å². The maximum Gasteiger partial charge on any atom is 0.437 e. The van der Waals surface area contributed by atoms with Crippen molar-refractivity contribution in [2.75, 3.05) is 36.5 Å². The number of para-hydroxylation sites is 2. The minimum Gasteiger partial charge on any atom is -0.486 e. The molecule has 10 heteroatoms. The van der Waals surface area contributed by atoms with Crippen LogP contribution in [0.3, 0.4) is 0 Å². The van der Waals surface area contributed by atoms with Crippen molar-refractivity contribution in [1.82, 2.24) is 9.97 Å². The first kappa shape index (κ1) is 21.3. The molecule has 1 atom stereocenters. The molecule has 3 heterocycles. The second kappa shape index (κ2) is 8.42. The molecule has 2 aliphatic heterocycles. The second-order valence-electron chi connectivity index (χ2n) is 8.02. The largest absolute Gasteiger partial charge is 0.486 e. The minimum absolute atomic E-state index is 0.118. The Labute approximate surface area is 187 Å². The summed E-state index contributed by atoms with van der Waals surface area (Å²) in [5.74, 6) is 0.154. The minimum atomic E-state index is -4.66. The molecule has 1 fully saturated rings. The Morgan fingerprint density at radius 1 is 1.03 bits per heavy atom. The topological polar surface area (TPSA) is 76.6 Å². The fourth-order valence-electron chi connectivity index (χ4n) is 4.15. The van der Waals surface area contributed by atoms with Crippen molar-refractivity contribution < 1.29 is 27.4 Å². The van der Waals surface area contributed by atoms with E-state index in [1.54, 1.807) is 36.4 Å². The number of benzene rings is 2. The number of amides is 1. The first-order valence-electron chi connectivity index (χ1n) is 10.7. The molecule has 2 aliphatic rings. The van der Waals surface area contributed by atoms with E-state index in [1.165, 1.54) is 11.0 Å². The summed E-state index contributed by atoms with van der Waals surface area (Å²) in [5, 5.41) is 2.85. The first-order valence-corrected chi connectivity index (χ1v) is 10.7. The number of hydrogen-bond donors (Lipinski definition) is 1. The Hall–Kier alpha value is -3.56. The molecule has 33 heavy (non-hydrogen) atoms. The van der Waals surface area contributed by atoms with Crippen molar-refractivity contribution in [1.29, 1.82) is 0 Å². The third-order valence-corrected chi connectivity index (χ3v) is 5.72. The van der Waals surface area contributed by atoms with Gasteiger partial charge in [-0.05, 0) is 37.1 Å². The lowest BCUT2D eigenvalue weighted by atomic mass is 9.96. The SMILES string of the molecule is O=C(Nc1ccc2c(c1)OCCO2)[C@H]1CCCN(c2nc3ccccc3nc2C(F)(F)F)C1. The van der Waals surface area contributed by atoms with Gasteiger partial charge < -0.3 is 19.7 Å². The van der Waals surface area contributed by atoms with Crippen molar-refractivity contribution >= 4 is 28.4 Å². The van der Waals surface area contributed by atoms with Gasteiger partial charge in [-0.15, -0.1) is 0 Å². The smallest absolute Gasteiger partial charge is 0.437 e. The third kappa shape index (κ3) is 4.37. The highest BCUT2D eigenvalue weighted by atomic mass is 19.4. The van der Waals surface area contributed by atoms with Gasteiger partial charge in [-0.2, -0.15) is 13.2 Å². The molecule has 0 spiro atoms. The Morgan fingerprint density at radius 3 is 2.52 bits per heavy atom. The molecule has 1 aromatic heterocycles. The molecule has 7 nitrogen and oxygen atoms in total. The van der Waals surface area contributed by atoms with Crippen molar-refractivity contribution in [3.8, 4) is 11.5 Å². The molecular formula is C23H21F3N4O3. The number of alkyl halides is 3. The van der Waals surface area contributed by atoms with Gasteiger partial charge >= 0.3 is 6.18 Å². The van der Waals surface area contributed by atoms with E-state index in [4.69, 9.17) is 9.47 Å². The normalized spacial score (nSPS) is 18.3. The highest BCUT2D eigenvalue weighted by Gasteiger charge is 2.40. The molecule has 5 rings (SSSR count). The van der Waals surface area contributed by atoms with Crippen LogP contribution in [0.4, 0.5) is 24.7 Å². The number of piperidine rings is 1. The second-order valence-corrected chi connectivity index (χ2v) is 8.02. The van der Waals surface area contributed by atoms with E-state index in [1.807, 2.05) is 0 Å². The van der Waals surface area contributed by atoms with Crippen molar-refractivity contribution in [3.63, 3.8) is 0 Å². The van der Waals surface area contributed by atoms with E-state index in [9.17, 15) is 18.0 Å². The van der Waals surface area contributed by atoms with Crippen LogP contribution < -0.4 is 19.7 Å². The fraction of sp³-hybridized carbons (Fsp3) is 0.348. The Kier molecular flexibility index (Phi) is 5.43. The molecule has 172 valence electrons. The number of rotatable bonds is 3. The summed E-state index contributed by atoms with van der Waals surface area (Å²) in [5.41, 5.74) is 0.0683. The van der Waals surface area contributed by atoms with Crippen LogP contribution in [-0.2, 0) is 11.0 Å². The number of fused-ring (bicyclic) bond motifs is 2. The van der Waals surface area contributed by atoms with E-state index in [-0.39, 0.29) is 23.8 Å². The van der Waals surface area contributed by atoms with Gasteiger partial charge in [0.05, 0.1) is 17.0 Å². The molecule has 0 bridgehead atoms. The van der Waals surface area contributed by atoms with Gasteiger partial charge in [-0.3, -0.25) is 4.79 Å². The maximum absolute atomic E-state index is 13.8. The van der Waals surface area contributed by atoms with Crippen LogP contribution in [0, 0.1) is 5.92 Å². The molecule has 3 aromatic rings. The summed E-state index contributed by atoms with van der Waals surface area (Å²) in [7, 11) is 0. The van der Waals surface area contributed by atoms with Crippen molar-refractivity contribution in [3.05, 3.63) is 48.2 Å². The van der Waals surface area contributed by atoms with Crippen LogP contribution in [0.5, 0.6) is 11.5 Å². The molecule has 0 unspecified atom stereocenters.